The predicted molar refractivity (Wildman–Crippen MR) is 72.9 cm³/mol. The molecule has 1 fully saturated rings. The number of hydrogen-bond acceptors (Lipinski definition) is 4. The van der Waals surface area contributed by atoms with E-state index in [4.69, 9.17) is 4.74 Å². The molecule has 1 saturated heterocycles. The third-order valence-electron chi connectivity index (χ3n) is 4.65. The van der Waals surface area contributed by atoms with E-state index >= 15 is 0 Å². The van der Waals surface area contributed by atoms with Crippen LogP contribution in [0.15, 0.2) is 18.2 Å². The lowest BCUT2D eigenvalue weighted by Gasteiger charge is -2.37. The Morgan fingerprint density at radius 3 is 3.05 bits per heavy atom. The molecule has 0 amide bonds. The van der Waals surface area contributed by atoms with E-state index in [2.05, 4.69) is 4.90 Å². The quantitative estimate of drug-likeness (QED) is 0.886. The number of benzene rings is 1. The fraction of sp³-hybridized carbons (Fsp3) is 0.533. The van der Waals surface area contributed by atoms with Crippen molar-refractivity contribution in [3.8, 4) is 11.5 Å². The number of phenols is 1. The molecular formula is C15H19NO4. The van der Waals surface area contributed by atoms with Crippen LogP contribution in [0, 0.1) is 0 Å². The van der Waals surface area contributed by atoms with E-state index in [9.17, 15) is 15.0 Å². The lowest BCUT2D eigenvalue weighted by molar-refractivity contribution is -0.151. The van der Waals surface area contributed by atoms with Gasteiger partial charge in [-0.1, -0.05) is 6.92 Å². The molecule has 2 aliphatic rings. The van der Waals surface area contributed by atoms with Crippen molar-refractivity contribution in [1.82, 2.24) is 4.90 Å². The molecule has 20 heavy (non-hydrogen) atoms. The van der Waals surface area contributed by atoms with Gasteiger partial charge >= 0.3 is 5.97 Å². The first kappa shape index (κ1) is 13.2. The molecule has 0 aromatic heterocycles. The minimum atomic E-state index is -0.784. The van der Waals surface area contributed by atoms with Crippen molar-refractivity contribution >= 4 is 5.97 Å². The van der Waals surface area contributed by atoms with E-state index < -0.39 is 11.5 Å². The molecule has 5 nitrogen and oxygen atoms in total. The van der Waals surface area contributed by atoms with Crippen LogP contribution in [-0.4, -0.2) is 39.8 Å². The molecule has 0 radical (unpaired) electrons. The van der Waals surface area contributed by atoms with Gasteiger partial charge in [0.2, 0.25) is 0 Å². The van der Waals surface area contributed by atoms with Gasteiger partial charge in [0.05, 0.1) is 6.04 Å². The number of carbonyl (C=O) groups is 1. The Balaban J connectivity index is 1.97. The number of phenolic OH excluding ortho intramolecular Hbond substituents is 1. The number of hydrogen-bond donors (Lipinski definition) is 2. The summed E-state index contributed by atoms with van der Waals surface area (Å²) in [5.74, 6) is 0.0906. The second-order valence-electron chi connectivity index (χ2n) is 5.54. The minimum absolute atomic E-state index is 0.0378. The number of carboxylic acid groups (broad SMARTS) is 1. The van der Waals surface area contributed by atoms with Crippen LogP contribution in [-0.2, 0) is 4.79 Å². The molecule has 0 spiro atoms. The molecule has 0 bridgehead atoms. The van der Waals surface area contributed by atoms with E-state index in [1.807, 2.05) is 13.0 Å². The van der Waals surface area contributed by atoms with Crippen molar-refractivity contribution in [3.63, 3.8) is 0 Å². The molecule has 2 heterocycles. The molecule has 5 heteroatoms. The fourth-order valence-electron chi connectivity index (χ4n) is 3.55. The van der Waals surface area contributed by atoms with Gasteiger partial charge in [0, 0.05) is 18.2 Å². The van der Waals surface area contributed by atoms with Crippen molar-refractivity contribution in [2.24, 2.45) is 0 Å². The summed E-state index contributed by atoms with van der Waals surface area (Å²) in [6.45, 7) is 3.16. The Kier molecular flexibility index (Phi) is 3.09. The first-order valence-corrected chi connectivity index (χ1v) is 7.04. The van der Waals surface area contributed by atoms with Gasteiger partial charge in [0.1, 0.15) is 23.6 Å². The van der Waals surface area contributed by atoms with Crippen molar-refractivity contribution in [2.45, 2.75) is 37.8 Å². The van der Waals surface area contributed by atoms with Crippen LogP contribution in [0.25, 0.3) is 0 Å². The van der Waals surface area contributed by atoms with Gasteiger partial charge in [-0.25, -0.2) is 0 Å². The number of aliphatic carboxylic acids is 1. The Morgan fingerprint density at radius 2 is 2.35 bits per heavy atom. The summed E-state index contributed by atoms with van der Waals surface area (Å²) >= 11 is 0. The molecule has 2 atom stereocenters. The maximum Gasteiger partial charge on any atom is 0.324 e. The fourth-order valence-corrected chi connectivity index (χ4v) is 3.55. The Morgan fingerprint density at radius 1 is 1.55 bits per heavy atom. The smallest absolute Gasteiger partial charge is 0.324 e. The average molecular weight is 277 g/mol. The standard InChI is InChI=1S/C15H19NO4/c1-2-15(14(18)19)6-3-7-16(15)12-9-20-13-8-10(17)4-5-11(12)13/h4-5,8,12,17H,2-3,6-7,9H2,1H3,(H,18,19). The number of nitrogens with zero attached hydrogens (tertiary/aromatic N) is 1. The maximum absolute atomic E-state index is 11.8. The van der Waals surface area contributed by atoms with Crippen molar-refractivity contribution in [3.05, 3.63) is 23.8 Å². The topological polar surface area (TPSA) is 70.0 Å². The van der Waals surface area contributed by atoms with Gasteiger partial charge in [0.25, 0.3) is 0 Å². The van der Waals surface area contributed by atoms with Crippen LogP contribution in [0.3, 0.4) is 0 Å². The lowest BCUT2D eigenvalue weighted by Crippen LogP contribution is -2.51. The number of aromatic hydroxyl groups is 1. The van der Waals surface area contributed by atoms with E-state index in [1.54, 1.807) is 12.1 Å². The normalized spacial score (nSPS) is 29.1. The minimum Gasteiger partial charge on any atom is -0.508 e. The molecule has 2 aliphatic heterocycles. The van der Waals surface area contributed by atoms with E-state index in [0.717, 1.165) is 18.5 Å². The SMILES string of the molecule is CCC1(C(=O)O)CCCN1C1COc2cc(O)ccc21. The van der Waals surface area contributed by atoms with E-state index in [1.165, 1.54) is 0 Å². The second-order valence-corrected chi connectivity index (χ2v) is 5.54. The third kappa shape index (κ3) is 1.77. The average Bonchev–Trinajstić information content (AvgIpc) is 3.01. The highest BCUT2D eigenvalue weighted by Crippen LogP contribution is 2.45. The van der Waals surface area contributed by atoms with Crippen molar-refractivity contribution < 1.29 is 19.7 Å². The van der Waals surface area contributed by atoms with Crippen molar-refractivity contribution in [1.29, 1.82) is 0 Å². The maximum atomic E-state index is 11.8. The molecule has 2 unspecified atom stereocenters. The van der Waals surface area contributed by atoms with Crippen LogP contribution < -0.4 is 4.74 Å². The highest BCUT2D eigenvalue weighted by Gasteiger charge is 2.50. The van der Waals surface area contributed by atoms with Gasteiger partial charge in [-0.3, -0.25) is 9.69 Å². The summed E-state index contributed by atoms with van der Waals surface area (Å²) < 4.78 is 5.63. The zero-order chi connectivity index (χ0) is 14.3. The summed E-state index contributed by atoms with van der Waals surface area (Å²) in [7, 11) is 0. The molecule has 0 aliphatic carbocycles. The summed E-state index contributed by atoms with van der Waals surface area (Å²) in [6, 6.07) is 5.03. The largest absolute Gasteiger partial charge is 0.508 e. The Labute approximate surface area is 117 Å². The van der Waals surface area contributed by atoms with Gasteiger partial charge in [-0.05, 0) is 31.4 Å². The Bertz CT molecular complexity index is 545. The monoisotopic (exact) mass is 277 g/mol. The zero-order valence-electron chi connectivity index (χ0n) is 11.5. The van der Waals surface area contributed by atoms with Gasteiger partial charge in [-0.15, -0.1) is 0 Å². The second kappa shape index (κ2) is 4.66. The molecule has 1 aromatic rings. The van der Waals surface area contributed by atoms with E-state index in [-0.39, 0.29) is 11.8 Å². The predicted octanol–water partition coefficient (Wildman–Crippen LogP) is 2.15. The van der Waals surface area contributed by atoms with Crippen LogP contribution in [0.1, 0.15) is 37.8 Å². The summed E-state index contributed by atoms with van der Waals surface area (Å²) in [5, 5.41) is 19.2. The first-order valence-electron chi connectivity index (χ1n) is 7.04. The summed E-state index contributed by atoms with van der Waals surface area (Å²) in [4.78, 5) is 13.8. The summed E-state index contributed by atoms with van der Waals surface area (Å²) in [5.41, 5.74) is 0.192. The molecule has 1 aromatic carbocycles. The lowest BCUT2D eigenvalue weighted by atomic mass is 9.91. The summed E-state index contributed by atoms with van der Waals surface area (Å²) in [6.07, 6.45) is 2.17. The molecule has 108 valence electrons. The number of fused-ring (bicyclic) bond motifs is 1. The Hall–Kier alpha value is -1.75. The van der Waals surface area contributed by atoms with Crippen molar-refractivity contribution in [2.75, 3.05) is 13.2 Å². The van der Waals surface area contributed by atoms with Crippen LogP contribution in [0.5, 0.6) is 11.5 Å². The molecule has 0 saturated carbocycles. The van der Waals surface area contributed by atoms with Crippen LogP contribution in [0.4, 0.5) is 0 Å². The third-order valence-corrected chi connectivity index (χ3v) is 4.65. The molecule has 3 rings (SSSR count). The van der Waals surface area contributed by atoms with Gasteiger partial charge in [0.15, 0.2) is 0 Å². The van der Waals surface area contributed by atoms with E-state index in [0.29, 0.717) is 25.2 Å². The number of likely N-dealkylation sites (tertiary alicyclic amines) is 1. The van der Waals surface area contributed by atoms with Gasteiger partial charge < -0.3 is 14.9 Å². The highest BCUT2D eigenvalue weighted by atomic mass is 16.5. The number of ether oxygens (including phenoxy) is 1. The van der Waals surface area contributed by atoms with Crippen LogP contribution in [0.2, 0.25) is 0 Å². The zero-order valence-corrected chi connectivity index (χ0v) is 11.5. The molecule has 2 N–H and O–H groups in total. The first-order chi connectivity index (χ1) is 9.58. The highest BCUT2D eigenvalue weighted by molar-refractivity contribution is 5.79. The van der Waals surface area contributed by atoms with Gasteiger partial charge in [-0.2, -0.15) is 0 Å². The number of carboxylic acids is 1. The van der Waals surface area contributed by atoms with Crippen LogP contribution >= 0.6 is 0 Å². The number of rotatable bonds is 3. The molecular weight excluding hydrogens is 258 g/mol.